The van der Waals surface area contributed by atoms with Gasteiger partial charge in [0.1, 0.15) is 5.69 Å². The highest BCUT2D eigenvalue weighted by Crippen LogP contribution is 2.21. The van der Waals surface area contributed by atoms with Gasteiger partial charge in [-0.2, -0.15) is 0 Å². The van der Waals surface area contributed by atoms with Gasteiger partial charge in [-0.25, -0.2) is 0 Å². The van der Waals surface area contributed by atoms with E-state index in [9.17, 15) is 9.90 Å². The van der Waals surface area contributed by atoms with Gasteiger partial charge >= 0.3 is 0 Å². The quantitative estimate of drug-likeness (QED) is 0.741. The van der Waals surface area contributed by atoms with Crippen LogP contribution in [0.5, 0.6) is 0 Å². The van der Waals surface area contributed by atoms with Gasteiger partial charge in [-0.05, 0) is 44.5 Å². The van der Waals surface area contributed by atoms with Crippen LogP contribution in [0.4, 0.5) is 0 Å². The first-order chi connectivity index (χ1) is 9.22. The largest absolute Gasteiger partial charge is 0.391 e. The Bertz CT molecular complexity index is 411. The van der Waals surface area contributed by atoms with Crippen LogP contribution in [0.15, 0.2) is 18.3 Å². The van der Waals surface area contributed by atoms with E-state index in [2.05, 4.69) is 15.2 Å². The molecular formula is C14H23N3O2. The molecule has 5 nitrogen and oxygen atoms in total. The van der Waals surface area contributed by atoms with Gasteiger partial charge in [-0.3, -0.25) is 4.79 Å². The Kier molecular flexibility index (Phi) is 4.99. The van der Waals surface area contributed by atoms with Crippen molar-refractivity contribution < 1.29 is 9.90 Å². The average Bonchev–Trinajstić information content (AvgIpc) is 2.94. The summed E-state index contributed by atoms with van der Waals surface area (Å²) in [6, 6.07) is 4.15. The molecule has 1 aliphatic heterocycles. The van der Waals surface area contributed by atoms with E-state index in [0.29, 0.717) is 24.7 Å². The van der Waals surface area contributed by atoms with Crippen LogP contribution >= 0.6 is 0 Å². The molecule has 1 unspecified atom stereocenters. The lowest BCUT2D eigenvalue weighted by Crippen LogP contribution is -2.35. The normalized spacial score (nSPS) is 18.2. The summed E-state index contributed by atoms with van der Waals surface area (Å²) < 4.78 is 2.06. The number of carbonyl (C=O) groups is 1. The van der Waals surface area contributed by atoms with Crippen LogP contribution in [0, 0.1) is 0 Å². The van der Waals surface area contributed by atoms with Gasteiger partial charge in [0, 0.05) is 18.8 Å². The van der Waals surface area contributed by atoms with Crippen LogP contribution in [0.25, 0.3) is 0 Å². The Labute approximate surface area is 114 Å². The molecule has 19 heavy (non-hydrogen) atoms. The van der Waals surface area contributed by atoms with Crippen molar-refractivity contribution in [3.8, 4) is 0 Å². The highest BCUT2D eigenvalue weighted by atomic mass is 16.3. The number of hydrogen-bond acceptors (Lipinski definition) is 3. The molecule has 1 aromatic heterocycles. The van der Waals surface area contributed by atoms with Crippen molar-refractivity contribution in [1.82, 2.24) is 15.2 Å². The summed E-state index contributed by atoms with van der Waals surface area (Å²) in [6.07, 6.45) is 4.25. The lowest BCUT2D eigenvalue weighted by molar-refractivity contribution is 0.0901. The molecule has 3 N–H and O–H groups in total. The van der Waals surface area contributed by atoms with Gasteiger partial charge in [-0.15, -0.1) is 0 Å². The smallest absolute Gasteiger partial charge is 0.268 e. The van der Waals surface area contributed by atoms with E-state index >= 15 is 0 Å². The van der Waals surface area contributed by atoms with Crippen LogP contribution in [-0.4, -0.2) is 41.3 Å². The predicted octanol–water partition coefficient (Wildman–Crippen LogP) is 0.913. The number of nitrogens with zero attached hydrogens (tertiary/aromatic N) is 1. The van der Waals surface area contributed by atoms with E-state index in [4.69, 9.17) is 0 Å². The number of piperidine rings is 1. The first-order valence-corrected chi connectivity index (χ1v) is 7.06. The van der Waals surface area contributed by atoms with Crippen molar-refractivity contribution in [2.75, 3.05) is 19.6 Å². The van der Waals surface area contributed by atoms with E-state index in [1.54, 1.807) is 0 Å². The van der Waals surface area contributed by atoms with Gasteiger partial charge in [0.15, 0.2) is 0 Å². The SMILES string of the molecule is CCC(O)CNC(=O)c1cccn1C1CCNCC1. The summed E-state index contributed by atoms with van der Waals surface area (Å²) in [5.41, 5.74) is 0.690. The highest BCUT2D eigenvalue weighted by Gasteiger charge is 2.19. The number of aliphatic hydroxyl groups excluding tert-OH is 1. The summed E-state index contributed by atoms with van der Waals surface area (Å²) in [5, 5.41) is 15.6. The Hall–Kier alpha value is -1.33. The first kappa shape index (κ1) is 14.1. The van der Waals surface area contributed by atoms with Crippen LogP contribution in [0.3, 0.4) is 0 Å². The maximum absolute atomic E-state index is 12.1. The standard InChI is InChI=1S/C14H23N3O2/c1-2-12(18)10-16-14(19)13-4-3-9-17(13)11-5-7-15-8-6-11/h3-4,9,11-12,15,18H,2,5-8,10H2,1H3,(H,16,19). The topological polar surface area (TPSA) is 66.3 Å². The third kappa shape index (κ3) is 3.58. The molecule has 0 aliphatic carbocycles. The zero-order valence-corrected chi connectivity index (χ0v) is 11.4. The minimum atomic E-state index is -0.466. The maximum Gasteiger partial charge on any atom is 0.268 e. The zero-order valence-electron chi connectivity index (χ0n) is 11.4. The van der Waals surface area contributed by atoms with Crippen molar-refractivity contribution in [3.63, 3.8) is 0 Å². The fraction of sp³-hybridized carbons (Fsp3) is 0.643. The van der Waals surface area contributed by atoms with Crippen molar-refractivity contribution in [2.24, 2.45) is 0 Å². The number of aromatic nitrogens is 1. The van der Waals surface area contributed by atoms with Crippen LogP contribution in [-0.2, 0) is 0 Å². The van der Waals surface area contributed by atoms with Gasteiger partial charge in [-0.1, -0.05) is 6.92 Å². The van der Waals surface area contributed by atoms with Gasteiger partial charge in [0.05, 0.1) is 6.10 Å². The van der Waals surface area contributed by atoms with E-state index in [0.717, 1.165) is 25.9 Å². The van der Waals surface area contributed by atoms with Gasteiger partial charge < -0.3 is 20.3 Å². The lowest BCUT2D eigenvalue weighted by atomic mass is 10.1. The molecule has 1 aromatic rings. The number of amides is 1. The maximum atomic E-state index is 12.1. The molecule has 2 rings (SSSR count). The molecule has 0 bridgehead atoms. The second-order valence-corrected chi connectivity index (χ2v) is 5.05. The van der Waals surface area contributed by atoms with Crippen molar-refractivity contribution in [2.45, 2.75) is 38.3 Å². The van der Waals surface area contributed by atoms with Crippen LogP contribution in [0.2, 0.25) is 0 Å². The van der Waals surface area contributed by atoms with Crippen LogP contribution in [0.1, 0.15) is 42.7 Å². The minimum Gasteiger partial charge on any atom is -0.391 e. The van der Waals surface area contributed by atoms with Crippen molar-refractivity contribution >= 4 is 5.91 Å². The van der Waals surface area contributed by atoms with E-state index in [1.165, 1.54) is 0 Å². The van der Waals surface area contributed by atoms with Crippen LogP contribution < -0.4 is 10.6 Å². The third-order valence-electron chi connectivity index (χ3n) is 3.68. The number of aliphatic hydroxyl groups is 1. The van der Waals surface area contributed by atoms with E-state index in [1.807, 2.05) is 25.3 Å². The van der Waals surface area contributed by atoms with Crippen molar-refractivity contribution in [3.05, 3.63) is 24.0 Å². The molecule has 1 saturated heterocycles. The van der Waals surface area contributed by atoms with Crippen molar-refractivity contribution in [1.29, 1.82) is 0 Å². The summed E-state index contributed by atoms with van der Waals surface area (Å²) in [4.78, 5) is 12.1. The molecule has 0 radical (unpaired) electrons. The molecule has 1 amide bonds. The molecule has 0 spiro atoms. The molecule has 0 aromatic carbocycles. The Morgan fingerprint density at radius 2 is 2.32 bits per heavy atom. The zero-order chi connectivity index (χ0) is 13.7. The van der Waals surface area contributed by atoms with Gasteiger partial charge in [0.2, 0.25) is 0 Å². The van der Waals surface area contributed by atoms with Gasteiger partial charge in [0.25, 0.3) is 5.91 Å². The Balaban J connectivity index is 1.99. The van der Waals surface area contributed by atoms with E-state index in [-0.39, 0.29) is 5.91 Å². The lowest BCUT2D eigenvalue weighted by Gasteiger charge is -2.26. The third-order valence-corrected chi connectivity index (χ3v) is 3.68. The fourth-order valence-corrected chi connectivity index (χ4v) is 2.43. The molecular weight excluding hydrogens is 242 g/mol. The second kappa shape index (κ2) is 6.73. The Morgan fingerprint density at radius 1 is 1.58 bits per heavy atom. The molecule has 0 saturated carbocycles. The second-order valence-electron chi connectivity index (χ2n) is 5.05. The number of nitrogens with one attached hydrogen (secondary N) is 2. The fourth-order valence-electron chi connectivity index (χ4n) is 2.43. The monoisotopic (exact) mass is 265 g/mol. The summed E-state index contributed by atoms with van der Waals surface area (Å²) in [7, 11) is 0. The minimum absolute atomic E-state index is 0.101. The average molecular weight is 265 g/mol. The number of carbonyl (C=O) groups excluding carboxylic acids is 1. The van der Waals surface area contributed by atoms with E-state index < -0.39 is 6.10 Å². The molecule has 2 heterocycles. The number of hydrogen-bond donors (Lipinski definition) is 3. The Morgan fingerprint density at radius 3 is 3.00 bits per heavy atom. The molecule has 1 fully saturated rings. The summed E-state index contributed by atoms with van der Waals surface area (Å²) in [5.74, 6) is -0.101. The number of rotatable bonds is 5. The summed E-state index contributed by atoms with van der Waals surface area (Å²) in [6.45, 7) is 4.21. The molecule has 1 aliphatic rings. The molecule has 5 heteroatoms. The predicted molar refractivity (Wildman–Crippen MR) is 74.2 cm³/mol. The molecule has 106 valence electrons. The molecule has 1 atom stereocenters. The highest BCUT2D eigenvalue weighted by molar-refractivity contribution is 5.92. The first-order valence-electron chi connectivity index (χ1n) is 7.06. The summed E-state index contributed by atoms with van der Waals surface area (Å²) >= 11 is 0.